The summed E-state index contributed by atoms with van der Waals surface area (Å²) in [7, 11) is 0. The second-order valence-electron chi connectivity index (χ2n) is 7.63. The van der Waals surface area contributed by atoms with E-state index in [1.54, 1.807) is 0 Å². The summed E-state index contributed by atoms with van der Waals surface area (Å²) in [5, 5.41) is 9.10. The van der Waals surface area contributed by atoms with Crippen LogP contribution in [-0.2, 0) is 6.54 Å². The molecule has 3 nitrogen and oxygen atoms in total. The molecule has 0 radical (unpaired) electrons. The summed E-state index contributed by atoms with van der Waals surface area (Å²) in [5.41, 5.74) is 3.81. The molecule has 1 fully saturated rings. The van der Waals surface area contributed by atoms with Crippen molar-refractivity contribution in [3.63, 3.8) is 0 Å². The van der Waals surface area contributed by atoms with E-state index in [0.717, 1.165) is 49.4 Å². The van der Waals surface area contributed by atoms with Crippen LogP contribution < -0.4 is 0 Å². The van der Waals surface area contributed by atoms with Gasteiger partial charge >= 0.3 is 0 Å². The Hall–Kier alpha value is -3.07. The van der Waals surface area contributed by atoms with E-state index in [-0.39, 0.29) is 17.7 Å². The van der Waals surface area contributed by atoms with Crippen LogP contribution in [0.25, 0.3) is 0 Å². The summed E-state index contributed by atoms with van der Waals surface area (Å²) >= 11 is 0. The number of piperazine rings is 1. The Labute approximate surface area is 175 Å². The topological polar surface area (TPSA) is 30.3 Å². The Morgan fingerprint density at radius 1 is 0.800 bits per heavy atom. The normalized spacial score (nSPS) is 15.3. The van der Waals surface area contributed by atoms with Gasteiger partial charge in [0.05, 0.1) is 17.7 Å². The molecule has 1 heterocycles. The lowest BCUT2D eigenvalue weighted by molar-refractivity contribution is 0.105. The van der Waals surface area contributed by atoms with Gasteiger partial charge in [0.2, 0.25) is 0 Å². The summed E-state index contributed by atoms with van der Waals surface area (Å²) in [5.74, 6) is -0.526. The first-order valence-electron chi connectivity index (χ1n) is 10.1. The highest BCUT2D eigenvalue weighted by Crippen LogP contribution is 2.30. The molecule has 1 saturated heterocycles. The van der Waals surface area contributed by atoms with E-state index >= 15 is 0 Å². The van der Waals surface area contributed by atoms with Crippen LogP contribution in [0.1, 0.15) is 28.3 Å². The number of hydrogen-bond donors (Lipinski definition) is 0. The summed E-state index contributed by atoms with van der Waals surface area (Å²) in [6, 6.07) is 23.0. The number of hydrogen-bond acceptors (Lipinski definition) is 3. The Kier molecular flexibility index (Phi) is 6.18. The zero-order chi connectivity index (χ0) is 20.9. The van der Waals surface area contributed by atoms with Gasteiger partial charge in [-0.15, -0.1) is 0 Å². The molecular weight excluding hydrogens is 380 g/mol. The van der Waals surface area contributed by atoms with Crippen molar-refractivity contribution in [2.75, 3.05) is 26.2 Å². The molecule has 3 aromatic rings. The third kappa shape index (κ3) is 4.73. The highest BCUT2D eigenvalue weighted by atomic mass is 19.1. The molecular formula is C25H23F2N3. The summed E-state index contributed by atoms with van der Waals surface area (Å²) in [4.78, 5) is 4.74. The SMILES string of the molecule is N#Cc1cccc(CN2CCN(C(c3ccc(F)cc3)c3ccc(F)cc3)CC2)c1. The van der Waals surface area contributed by atoms with Gasteiger partial charge in [0.15, 0.2) is 0 Å². The molecule has 1 aliphatic rings. The van der Waals surface area contributed by atoms with Crippen LogP contribution in [0, 0.1) is 23.0 Å². The fraction of sp³-hybridized carbons (Fsp3) is 0.240. The smallest absolute Gasteiger partial charge is 0.123 e. The summed E-state index contributed by atoms with van der Waals surface area (Å²) in [6.07, 6.45) is 0. The summed E-state index contributed by atoms with van der Waals surface area (Å²) < 4.78 is 26.9. The molecule has 0 bridgehead atoms. The van der Waals surface area contributed by atoms with Gasteiger partial charge in [-0.1, -0.05) is 36.4 Å². The third-order valence-corrected chi connectivity index (χ3v) is 5.61. The first-order chi connectivity index (χ1) is 14.6. The van der Waals surface area contributed by atoms with E-state index in [4.69, 9.17) is 5.26 Å². The Morgan fingerprint density at radius 2 is 1.37 bits per heavy atom. The highest BCUT2D eigenvalue weighted by molar-refractivity contribution is 5.34. The number of rotatable bonds is 5. The molecule has 0 unspecified atom stereocenters. The van der Waals surface area contributed by atoms with Crippen LogP contribution in [-0.4, -0.2) is 36.0 Å². The van der Waals surface area contributed by atoms with E-state index in [2.05, 4.69) is 15.9 Å². The van der Waals surface area contributed by atoms with Crippen molar-refractivity contribution in [1.82, 2.24) is 9.80 Å². The second-order valence-corrected chi connectivity index (χ2v) is 7.63. The fourth-order valence-electron chi connectivity index (χ4n) is 4.08. The van der Waals surface area contributed by atoms with Crippen LogP contribution in [0.5, 0.6) is 0 Å². The predicted octanol–water partition coefficient (Wildman–Crippen LogP) is 4.74. The number of nitrogens with zero attached hydrogens (tertiary/aromatic N) is 3. The number of nitriles is 1. The van der Waals surface area contributed by atoms with E-state index in [0.29, 0.717) is 5.56 Å². The maximum Gasteiger partial charge on any atom is 0.123 e. The molecule has 30 heavy (non-hydrogen) atoms. The molecule has 4 rings (SSSR count). The van der Waals surface area contributed by atoms with Crippen LogP contribution in [0.3, 0.4) is 0 Å². The van der Waals surface area contributed by atoms with Gasteiger partial charge in [0.1, 0.15) is 11.6 Å². The van der Waals surface area contributed by atoms with Crippen molar-refractivity contribution in [2.45, 2.75) is 12.6 Å². The molecule has 3 aromatic carbocycles. The van der Waals surface area contributed by atoms with Crippen LogP contribution in [0.2, 0.25) is 0 Å². The van der Waals surface area contributed by atoms with Gasteiger partial charge in [-0.2, -0.15) is 5.26 Å². The molecule has 0 aliphatic carbocycles. The predicted molar refractivity (Wildman–Crippen MR) is 113 cm³/mol. The van der Waals surface area contributed by atoms with Gasteiger partial charge in [-0.25, -0.2) is 8.78 Å². The fourth-order valence-corrected chi connectivity index (χ4v) is 4.08. The first-order valence-corrected chi connectivity index (χ1v) is 10.1. The summed E-state index contributed by atoms with van der Waals surface area (Å²) in [6.45, 7) is 4.27. The van der Waals surface area contributed by atoms with Crippen molar-refractivity contribution in [1.29, 1.82) is 5.26 Å². The molecule has 0 atom stereocenters. The van der Waals surface area contributed by atoms with Gasteiger partial charge in [0.25, 0.3) is 0 Å². The molecule has 0 amide bonds. The highest BCUT2D eigenvalue weighted by Gasteiger charge is 2.26. The van der Waals surface area contributed by atoms with Crippen molar-refractivity contribution in [3.05, 3.63) is 107 Å². The number of benzene rings is 3. The van der Waals surface area contributed by atoms with Crippen molar-refractivity contribution in [3.8, 4) is 6.07 Å². The lowest BCUT2D eigenvalue weighted by Gasteiger charge is -2.40. The van der Waals surface area contributed by atoms with Crippen LogP contribution in [0.15, 0.2) is 72.8 Å². The molecule has 0 spiro atoms. The second kappa shape index (κ2) is 9.17. The average molecular weight is 403 g/mol. The molecule has 0 N–H and O–H groups in total. The van der Waals surface area contributed by atoms with E-state index in [1.807, 2.05) is 48.5 Å². The van der Waals surface area contributed by atoms with Gasteiger partial charge in [-0.3, -0.25) is 9.80 Å². The minimum Gasteiger partial charge on any atom is -0.297 e. The Morgan fingerprint density at radius 3 is 1.90 bits per heavy atom. The van der Waals surface area contributed by atoms with Gasteiger partial charge in [0, 0.05) is 32.7 Å². The lowest BCUT2D eigenvalue weighted by Crippen LogP contribution is -2.47. The maximum absolute atomic E-state index is 13.5. The van der Waals surface area contributed by atoms with E-state index < -0.39 is 0 Å². The largest absolute Gasteiger partial charge is 0.297 e. The Bertz CT molecular complexity index is 972. The van der Waals surface area contributed by atoms with Crippen LogP contribution >= 0.6 is 0 Å². The van der Waals surface area contributed by atoms with Crippen molar-refractivity contribution >= 4 is 0 Å². The van der Waals surface area contributed by atoms with Crippen molar-refractivity contribution < 1.29 is 8.78 Å². The van der Waals surface area contributed by atoms with E-state index in [9.17, 15) is 8.78 Å². The molecule has 0 saturated carbocycles. The standard InChI is InChI=1S/C25H23F2N3/c26-23-8-4-21(5-9-23)25(22-6-10-24(27)11-7-22)30-14-12-29(13-15-30)18-20-3-1-2-19(16-20)17-28/h1-11,16,25H,12-15,18H2. The minimum absolute atomic E-state index is 0.0460. The quantitative estimate of drug-likeness (QED) is 0.616. The molecule has 5 heteroatoms. The minimum atomic E-state index is -0.263. The van der Waals surface area contributed by atoms with Gasteiger partial charge in [-0.05, 0) is 53.1 Å². The number of halogens is 2. The monoisotopic (exact) mass is 403 g/mol. The molecule has 1 aliphatic heterocycles. The maximum atomic E-state index is 13.5. The zero-order valence-electron chi connectivity index (χ0n) is 16.6. The molecule has 152 valence electrons. The Balaban J connectivity index is 1.49. The van der Waals surface area contributed by atoms with Gasteiger partial charge < -0.3 is 0 Å². The first kappa shape index (κ1) is 20.2. The third-order valence-electron chi connectivity index (χ3n) is 5.61. The molecule has 0 aromatic heterocycles. The lowest BCUT2D eigenvalue weighted by atomic mass is 9.96. The van der Waals surface area contributed by atoms with Crippen molar-refractivity contribution in [2.24, 2.45) is 0 Å². The zero-order valence-corrected chi connectivity index (χ0v) is 16.6. The van der Waals surface area contributed by atoms with Crippen LogP contribution in [0.4, 0.5) is 8.78 Å². The van der Waals surface area contributed by atoms with E-state index in [1.165, 1.54) is 24.3 Å². The average Bonchev–Trinajstić information content (AvgIpc) is 2.78.